The van der Waals surface area contributed by atoms with Gasteiger partial charge in [-0.25, -0.2) is 0 Å². The molecule has 3 rings (SSSR count). The van der Waals surface area contributed by atoms with Crippen molar-refractivity contribution in [1.82, 2.24) is 4.98 Å². The van der Waals surface area contributed by atoms with Gasteiger partial charge < -0.3 is 14.8 Å². The molecule has 0 unspecified atom stereocenters. The zero-order valence-corrected chi connectivity index (χ0v) is 17.8. The minimum Gasteiger partial charge on any atom is -0.494 e. The predicted octanol–water partition coefficient (Wildman–Crippen LogP) is 7.23. The second-order valence-corrected chi connectivity index (χ2v) is 7.39. The quantitative estimate of drug-likeness (QED) is 0.305. The molecule has 1 heterocycles. The van der Waals surface area contributed by atoms with Crippen molar-refractivity contribution < 1.29 is 9.47 Å². The Hall–Kier alpha value is -3.01. The van der Waals surface area contributed by atoms with E-state index in [1.807, 2.05) is 66.7 Å². The lowest BCUT2D eigenvalue weighted by Crippen LogP contribution is -2.00. The van der Waals surface area contributed by atoms with Crippen LogP contribution in [0.2, 0.25) is 0 Å². The molecule has 0 fully saturated rings. The molecule has 0 bridgehead atoms. The molecule has 3 aromatic rings. The Labute approximate surface area is 180 Å². The van der Waals surface area contributed by atoms with Crippen LogP contribution in [-0.4, -0.2) is 11.6 Å². The van der Waals surface area contributed by atoms with Crippen LogP contribution in [0.1, 0.15) is 51.1 Å². The molecule has 0 aliphatic carbocycles. The van der Waals surface area contributed by atoms with E-state index in [2.05, 4.69) is 17.2 Å². The summed E-state index contributed by atoms with van der Waals surface area (Å²) in [5.74, 6) is 2.50. The number of hydrogen-bond acceptors (Lipinski definition) is 4. The lowest BCUT2D eigenvalue weighted by molar-refractivity contribution is 0.304. The van der Waals surface area contributed by atoms with Crippen LogP contribution >= 0.6 is 0 Å². The molecule has 1 aromatic heterocycles. The van der Waals surface area contributed by atoms with E-state index < -0.39 is 0 Å². The fourth-order valence-electron chi connectivity index (χ4n) is 3.15. The fourth-order valence-corrected chi connectivity index (χ4v) is 3.15. The van der Waals surface area contributed by atoms with Gasteiger partial charge in [-0.05, 0) is 67.1 Å². The Kier molecular flexibility index (Phi) is 9.06. The van der Waals surface area contributed by atoms with Gasteiger partial charge in [-0.1, -0.05) is 45.1 Å². The highest BCUT2D eigenvalue weighted by Crippen LogP contribution is 2.25. The standard InChI is InChI=1S/C26H32N2O2/c1-2-3-4-5-6-9-20-29-24-15-17-26(18-16-24)30-25-13-11-22(12-14-25)28-21-23-10-7-8-19-27-23/h7-8,10-19,28H,2-6,9,20-21H2,1H3. The number of ether oxygens (including phenoxy) is 2. The van der Waals surface area contributed by atoms with Gasteiger partial charge in [0.25, 0.3) is 0 Å². The summed E-state index contributed by atoms with van der Waals surface area (Å²) >= 11 is 0. The summed E-state index contributed by atoms with van der Waals surface area (Å²) in [5, 5.41) is 3.36. The van der Waals surface area contributed by atoms with Crippen LogP contribution in [0.25, 0.3) is 0 Å². The molecule has 4 heteroatoms. The molecule has 0 saturated carbocycles. The summed E-state index contributed by atoms with van der Waals surface area (Å²) < 4.78 is 11.8. The van der Waals surface area contributed by atoms with Crippen LogP contribution in [0.3, 0.4) is 0 Å². The van der Waals surface area contributed by atoms with E-state index >= 15 is 0 Å². The van der Waals surface area contributed by atoms with E-state index in [1.165, 1.54) is 32.1 Å². The van der Waals surface area contributed by atoms with Gasteiger partial charge in [0.15, 0.2) is 0 Å². The van der Waals surface area contributed by atoms with Crippen molar-refractivity contribution >= 4 is 5.69 Å². The minimum atomic E-state index is 0.696. The molecule has 30 heavy (non-hydrogen) atoms. The molecule has 0 saturated heterocycles. The summed E-state index contributed by atoms with van der Waals surface area (Å²) in [7, 11) is 0. The number of unbranched alkanes of at least 4 members (excludes halogenated alkanes) is 5. The monoisotopic (exact) mass is 404 g/mol. The molecular weight excluding hydrogens is 372 g/mol. The normalized spacial score (nSPS) is 10.6. The van der Waals surface area contributed by atoms with Gasteiger partial charge in [-0.15, -0.1) is 0 Å². The lowest BCUT2D eigenvalue weighted by Gasteiger charge is -2.10. The Balaban J connectivity index is 1.38. The molecule has 4 nitrogen and oxygen atoms in total. The molecule has 158 valence electrons. The summed E-state index contributed by atoms with van der Waals surface area (Å²) in [6, 6.07) is 21.7. The minimum absolute atomic E-state index is 0.696. The number of hydrogen-bond donors (Lipinski definition) is 1. The van der Waals surface area contributed by atoms with Crippen molar-refractivity contribution in [1.29, 1.82) is 0 Å². The van der Waals surface area contributed by atoms with Crippen LogP contribution < -0.4 is 14.8 Å². The average Bonchev–Trinajstić information content (AvgIpc) is 2.80. The topological polar surface area (TPSA) is 43.4 Å². The Morgan fingerprint density at radius 3 is 2.10 bits per heavy atom. The van der Waals surface area contributed by atoms with Crippen LogP contribution in [-0.2, 0) is 6.54 Å². The molecule has 0 amide bonds. The van der Waals surface area contributed by atoms with E-state index in [0.29, 0.717) is 6.54 Å². The number of benzene rings is 2. The first-order valence-electron chi connectivity index (χ1n) is 11.0. The van der Waals surface area contributed by atoms with Crippen molar-refractivity contribution in [2.75, 3.05) is 11.9 Å². The maximum atomic E-state index is 5.94. The number of aromatic nitrogens is 1. The Morgan fingerprint density at radius 2 is 1.40 bits per heavy atom. The third-order valence-corrected chi connectivity index (χ3v) is 4.88. The molecule has 0 aliphatic heterocycles. The lowest BCUT2D eigenvalue weighted by atomic mass is 10.1. The largest absolute Gasteiger partial charge is 0.494 e. The smallest absolute Gasteiger partial charge is 0.127 e. The first-order valence-corrected chi connectivity index (χ1v) is 11.0. The van der Waals surface area contributed by atoms with Crippen LogP contribution in [0.5, 0.6) is 17.2 Å². The van der Waals surface area contributed by atoms with Gasteiger partial charge in [0.05, 0.1) is 18.8 Å². The number of nitrogens with one attached hydrogen (secondary N) is 1. The van der Waals surface area contributed by atoms with Crippen LogP contribution in [0.4, 0.5) is 5.69 Å². The van der Waals surface area contributed by atoms with Crippen LogP contribution in [0.15, 0.2) is 72.9 Å². The van der Waals surface area contributed by atoms with E-state index in [-0.39, 0.29) is 0 Å². The second kappa shape index (κ2) is 12.5. The number of anilines is 1. The zero-order valence-electron chi connectivity index (χ0n) is 17.8. The summed E-state index contributed by atoms with van der Waals surface area (Å²) in [6.45, 7) is 3.72. The number of nitrogens with zero attached hydrogens (tertiary/aromatic N) is 1. The highest BCUT2D eigenvalue weighted by molar-refractivity contribution is 5.47. The molecule has 0 aliphatic rings. The van der Waals surface area contributed by atoms with Gasteiger partial charge in [0.1, 0.15) is 17.2 Å². The van der Waals surface area contributed by atoms with E-state index in [9.17, 15) is 0 Å². The SMILES string of the molecule is CCCCCCCCOc1ccc(Oc2ccc(NCc3ccccn3)cc2)cc1. The van der Waals surface area contributed by atoms with Gasteiger partial charge in [0.2, 0.25) is 0 Å². The molecule has 0 radical (unpaired) electrons. The van der Waals surface area contributed by atoms with Gasteiger partial charge >= 0.3 is 0 Å². The molecule has 0 atom stereocenters. The van der Waals surface area contributed by atoms with Crippen LogP contribution in [0, 0.1) is 0 Å². The van der Waals surface area contributed by atoms with Crippen molar-refractivity contribution in [2.24, 2.45) is 0 Å². The third kappa shape index (κ3) is 7.78. The average molecular weight is 405 g/mol. The maximum Gasteiger partial charge on any atom is 0.127 e. The first kappa shape index (κ1) is 21.7. The van der Waals surface area contributed by atoms with E-state index in [4.69, 9.17) is 9.47 Å². The third-order valence-electron chi connectivity index (χ3n) is 4.88. The van der Waals surface area contributed by atoms with Crippen molar-refractivity contribution in [2.45, 2.75) is 52.0 Å². The van der Waals surface area contributed by atoms with E-state index in [0.717, 1.165) is 41.7 Å². The summed E-state index contributed by atoms with van der Waals surface area (Å²) in [4.78, 5) is 4.32. The zero-order chi connectivity index (χ0) is 20.9. The molecular formula is C26H32N2O2. The van der Waals surface area contributed by atoms with E-state index in [1.54, 1.807) is 6.20 Å². The van der Waals surface area contributed by atoms with Crippen molar-refractivity contribution in [3.8, 4) is 17.2 Å². The predicted molar refractivity (Wildman–Crippen MR) is 123 cm³/mol. The summed E-state index contributed by atoms with van der Waals surface area (Å²) in [5.41, 5.74) is 2.04. The van der Waals surface area contributed by atoms with Gasteiger partial charge in [0, 0.05) is 11.9 Å². The number of pyridine rings is 1. The Morgan fingerprint density at radius 1 is 0.733 bits per heavy atom. The molecule has 1 N–H and O–H groups in total. The highest BCUT2D eigenvalue weighted by atomic mass is 16.5. The highest BCUT2D eigenvalue weighted by Gasteiger charge is 2.01. The maximum absolute atomic E-state index is 5.94. The first-order chi connectivity index (χ1) is 14.8. The van der Waals surface area contributed by atoms with Crippen molar-refractivity contribution in [3.63, 3.8) is 0 Å². The summed E-state index contributed by atoms with van der Waals surface area (Å²) in [6.07, 6.45) is 9.44. The molecule has 2 aromatic carbocycles. The second-order valence-electron chi connectivity index (χ2n) is 7.39. The van der Waals surface area contributed by atoms with Crippen molar-refractivity contribution in [3.05, 3.63) is 78.6 Å². The molecule has 0 spiro atoms. The fraction of sp³-hybridized carbons (Fsp3) is 0.346. The van der Waals surface area contributed by atoms with Gasteiger partial charge in [-0.2, -0.15) is 0 Å². The van der Waals surface area contributed by atoms with Gasteiger partial charge in [-0.3, -0.25) is 4.98 Å². The Bertz CT molecular complexity index is 833. The number of rotatable bonds is 13.